The van der Waals surface area contributed by atoms with Crippen molar-refractivity contribution >= 4 is 5.91 Å². The molecule has 2 saturated heterocycles. The molecule has 10 heteroatoms. The molecule has 1 unspecified atom stereocenters. The Morgan fingerprint density at radius 3 is 2.93 bits per heavy atom. The van der Waals surface area contributed by atoms with Crippen LogP contribution in [-0.4, -0.2) is 50.2 Å². The number of hydrogen-bond acceptors (Lipinski definition) is 5. The van der Waals surface area contributed by atoms with Crippen molar-refractivity contribution < 1.29 is 22.7 Å². The second-order valence-corrected chi connectivity index (χ2v) is 6.91. The number of aromatic amines is 1. The molecular weight excluding hydrogens is 363 g/mol. The number of ether oxygens (including phenoxy) is 1. The summed E-state index contributed by atoms with van der Waals surface area (Å²) in [7, 11) is 0. The number of piperidine rings is 1. The highest BCUT2D eigenvalue weighted by Gasteiger charge is 2.42. The third kappa shape index (κ3) is 3.53. The summed E-state index contributed by atoms with van der Waals surface area (Å²) in [6.07, 6.45) is -2.46. The van der Waals surface area contributed by atoms with Gasteiger partial charge in [0.15, 0.2) is 5.82 Å². The lowest BCUT2D eigenvalue weighted by Gasteiger charge is -2.34. The second kappa shape index (κ2) is 6.59. The lowest BCUT2D eigenvalue weighted by atomic mass is 9.91. The number of pyridine rings is 1. The van der Waals surface area contributed by atoms with Crippen LogP contribution in [0.2, 0.25) is 0 Å². The zero-order chi connectivity index (χ0) is 19.2. The number of fused-ring (bicyclic) bond motifs is 1. The Kier molecular flexibility index (Phi) is 4.37. The first-order chi connectivity index (χ1) is 12.8. The van der Waals surface area contributed by atoms with Gasteiger partial charge in [-0.25, -0.2) is 4.98 Å². The highest BCUT2D eigenvalue weighted by Crippen LogP contribution is 2.40. The molecule has 0 radical (unpaired) electrons. The molecule has 4 heterocycles. The minimum absolute atomic E-state index is 0.0186. The molecule has 0 spiro atoms. The standard InChI is InChI=1S/C17H18F3N5O2/c1-9-22-15(24-23-9)12-6-10-3-5-25(8-13(10)27-12)16(26)11-2-4-21-14(7-11)17(18,19)20/h2,4,7,10,12-13H,3,5-6,8H2,1H3,(H,22,23,24)/t10?,12-,13-/m1/s1. The molecule has 2 aliphatic rings. The van der Waals surface area contributed by atoms with Crippen molar-refractivity contribution in [2.24, 2.45) is 5.92 Å². The van der Waals surface area contributed by atoms with Crippen LogP contribution in [0.3, 0.4) is 0 Å². The molecule has 3 atom stereocenters. The van der Waals surface area contributed by atoms with Crippen molar-refractivity contribution in [2.75, 3.05) is 13.1 Å². The molecule has 4 rings (SSSR count). The van der Waals surface area contributed by atoms with E-state index in [-0.39, 0.29) is 23.7 Å². The topological polar surface area (TPSA) is 84.0 Å². The summed E-state index contributed by atoms with van der Waals surface area (Å²) in [5.74, 6) is 1.14. The van der Waals surface area contributed by atoms with E-state index in [0.717, 1.165) is 25.1 Å². The summed E-state index contributed by atoms with van der Waals surface area (Å²) in [4.78, 5) is 21.8. The van der Waals surface area contributed by atoms with Crippen LogP contribution in [0.4, 0.5) is 13.2 Å². The monoisotopic (exact) mass is 381 g/mol. The summed E-state index contributed by atoms with van der Waals surface area (Å²) in [6, 6.07) is 2.10. The fourth-order valence-corrected chi connectivity index (χ4v) is 3.69. The third-order valence-corrected chi connectivity index (χ3v) is 5.04. The molecule has 0 aromatic carbocycles. The van der Waals surface area contributed by atoms with Gasteiger partial charge >= 0.3 is 6.18 Å². The second-order valence-electron chi connectivity index (χ2n) is 6.91. The first-order valence-corrected chi connectivity index (χ1v) is 8.68. The maximum absolute atomic E-state index is 12.8. The van der Waals surface area contributed by atoms with Gasteiger partial charge in [-0.3, -0.25) is 14.9 Å². The van der Waals surface area contributed by atoms with Crippen LogP contribution in [0.1, 0.15) is 46.6 Å². The molecule has 2 aromatic heterocycles. The average molecular weight is 381 g/mol. The molecule has 2 aromatic rings. The van der Waals surface area contributed by atoms with Crippen LogP contribution in [0, 0.1) is 12.8 Å². The number of carbonyl (C=O) groups is 1. The van der Waals surface area contributed by atoms with Crippen LogP contribution in [0.5, 0.6) is 0 Å². The number of nitrogens with zero attached hydrogens (tertiary/aromatic N) is 4. The normalized spacial score (nSPS) is 25.5. The highest BCUT2D eigenvalue weighted by atomic mass is 19.4. The molecule has 144 valence electrons. The fourth-order valence-electron chi connectivity index (χ4n) is 3.69. The minimum atomic E-state index is -4.58. The number of rotatable bonds is 2. The van der Waals surface area contributed by atoms with Crippen LogP contribution in [0.25, 0.3) is 0 Å². The summed E-state index contributed by atoms with van der Waals surface area (Å²) < 4.78 is 44.5. The van der Waals surface area contributed by atoms with E-state index < -0.39 is 17.8 Å². The van der Waals surface area contributed by atoms with Crippen LogP contribution in [0.15, 0.2) is 18.3 Å². The maximum Gasteiger partial charge on any atom is 0.433 e. The summed E-state index contributed by atoms with van der Waals surface area (Å²) >= 11 is 0. The first-order valence-electron chi connectivity index (χ1n) is 8.68. The van der Waals surface area contributed by atoms with Crippen LogP contribution >= 0.6 is 0 Å². The lowest BCUT2D eigenvalue weighted by Crippen LogP contribution is -2.45. The molecule has 27 heavy (non-hydrogen) atoms. The van der Waals surface area contributed by atoms with Gasteiger partial charge in [-0.05, 0) is 37.8 Å². The molecular formula is C17H18F3N5O2. The van der Waals surface area contributed by atoms with Crippen molar-refractivity contribution in [1.29, 1.82) is 0 Å². The van der Waals surface area contributed by atoms with Gasteiger partial charge in [0.1, 0.15) is 17.6 Å². The predicted molar refractivity (Wildman–Crippen MR) is 86.6 cm³/mol. The number of aryl methyl sites for hydroxylation is 1. The van der Waals surface area contributed by atoms with E-state index in [4.69, 9.17) is 4.74 Å². The van der Waals surface area contributed by atoms with E-state index in [0.29, 0.717) is 24.7 Å². The molecule has 2 aliphatic heterocycles. The summed E-state index contributed by atoms with van der Waals surface area (Å²) in [5, 5.41) is 6.92. The van der Waals surface area contributed by atoms with E-state index in [2.05, 4.69) is 20.2 Å². The Morgan fingerprint density at radius 2 is 2.22 bits per heavy atom. The molecule has 0 aliphatic carbocycles. The average Bonchev–Trinajstić information content (AvgIpc) is 3.25. The fraction of sp³-hybridized carbons (Fsp3) is 0.529. The highest BCUT2D eigenvalue weighted by molar-refractivity contribution is 5.94. The molecule has 1 N–H and O–H groups in total. The van der Waals surface area contributed by atoms with Gasteiger partial charge in [0.05, 0.1) is 6.10 Å². The van der Waals surface area contributed by atoms with E-state index in [1.807, 2.05) is 6.92 Å². The number of likely N-dealkylation sites (tertiary alicyclic amines) is 1. The number of aromatic nitrogens is 4. The van der Waals surface area contributed by atoms with Crippen molar-refractivity contribution in [3.8, 4) is 0 Å². The molecule has 2 fully saturated rings. The molecule has 0 bridgehead atoms. The van der Waals surface area contributed by atoms with E-state index in [9.17, 15) is 18.0 Å². The molecule has 7 nitrogen and oxygen atoms in total. The number of H-pyrrole nitrogens is 1. The van der Waals surface area contributed by atoms with Gasteiger partial charge in [-0.1, -0.05) is 0 Å². The smallest absolute Gasteiger partial charge is 0.365 e. The Hall–Kier alpha value is -2.49. The maximum atomic E-state index is 12.8. The lowest BCUT2D eigenvalue weighted by molar-refractivity contribution is -0.141. The predicted octanol–water partition coefficient (Wildman–Crippen LogP) is 2.52. The van der Waals surface area contributed by atoms with Crippen molar-refractivity contribution in [2.45, 2.75) is 38.1 Å². The van der Waals surface area contributed by atoms with Gasteiger partial charge in [0.25, 0.3) is 5.91 Å². The SMILES string of the molecule is Cc1nc([C@H]2CC3CCN(C(=O)c4ccnc(C(F)(F)F)c4)C[C@H]3O2)n[nH]1. The summed E-state index contributed by atoms with van der Waals surface area (Å²) in [6.45, 7) is 2.63. The molecule has 1 amide bonds. The summed E-state index contributed by atoms with van der Waals surface area (Å²) in [5.41, 5.74) is -1.09. The van der Waals surface area contributed by atoms with Crippen LogP contribution < -0.4 is 0 Å². The zero-order valence-corrected chi connectivity index (χ0v) is 14.5. The number of amides is 1. The Morgan fingerprint density at radius 1 is 1.41 bits per heavy atom. The third-order valence-electron chi connectivity index (χ3n) is 5.04. The Labute approximate surface area is 152 Å². The van der Waals surface area contributed by atoms with E-state index >= 15 is 0 Å². The number of nitrogens with one attached hydrogen (secondary N) is 1. The van der Waals surface area contributed by atoms with Crippen molar-refractivity contribution in [3.05, 3.63) is 41.2 Å². The Balaban J connectivity index is 1.45. The first kappa shape index (κ1) is 17.9. The van der Waals surface area contributed by atoms with E-state index in [1.54, 1.807) is 4.90 Å². The van der Waals surface area contributed by atoms with Gasteiger partial charge in [-0.2, -0.15) is 18.3 Å². The van der Waals surface area contributed by atoms with Gasteiger partial charge in [-0.15, -0.1) is 0 Å². The largest absolute Gasteiger partial charge is 0.433 e. The van der Waals surface area contributed by atoms with E-state index in [1.165, 1.54) is 6.07 Å². The zero-order valence-electron chi connectivity index (χ0n) is 14.5. The molecule has 0 saturated carbocycles. The number of alkyl halides is 3. The van der Waals surface area contributed by atoms with Gasteiger partial charge in [0, 0.05) is 24.8 Å². The van der Waals surface area contributed by atoms with Crippen molar-refractivity contribution in [3.63, 3.8) is 0 Å². The van der Waals surface area contributed by atoms with Gasteiger partial charge in [0.2, 0.25) is 0 Å². The van der Waals surface area contributed by atoms with Gasteiger partial charge < -0.3 is 9.64 Å². The van der Waals surface area contributed by atoms with Crippen molar-refractivity contribution in [1.82, 2.24) is 25.1 Å². The quantitative estimate of drug-likeness (QED) is 0.864. The minimum Gasteiger partial charge on any atom is -0.365 e. The number of halogens is 3. The number of carbonyl (C=O) groups excluding carboxylic acids is 1. The Bertz CT molecular complexity index is 853. The number of hydrogen-bond donors (Lipinski definition) is 1. The van der Waals surface area contributed by atoms with Crippen LogP contribution in [-0.2, 0) is 10.9 Å².